The van der Waals surface area contributed by atoms with Gasteiger partial charge in [0.15, 0.2) is 0 Å². The molecule has 0 aromatic heterocycles. The van der Waals surface area contributed by atoms with Gasteiger partial charge in [-0.25, -0.2) is 12.7 Å². The lowest BCUT2D eigenvalue weighted by molar-refractivity contribution is -0.126. The van der Waals surface area contributed by atoms with Crippen molar-refractivity contribution in [2.24, 2.45) is 5.92 Å². The van der Waals surface area contributed by atoms with Crippen LogP contribution >= 0.6 is 0 Å². The number of benzene rings is 1. The predicted molar refractivity (Wildman–Crippen MR) is 86.8 cm³/mol. The summed E-state index contributed by atoms with van der Waals surface area (Å²) in [4.78, 5) is 12.5. The first-order chi connectivity index (χ1) is 10.4. The highest BCUT2D eigenvalue weighted by Gasteiger charge is 2.30. The Morgan fingerprint density at radius 1 is 1.36 bits per heavy atom. The Morgan fingerprint density at radius 3 is 2.64 bits per heavy atom. The number of sulfonamides is 1. The summed E-state index contributed by atoms with van der Waals surface area (Å²) < 4.78 is 24.7. The topological polar surface area (TPSA) is 66.5 Å². The summed E-state index contributed by atoms with van der Waals surface area (Å²) in [6.07, 6.45) is 3.47. The molecule has 22 heavy (non-hydrogen) atoms. The number of nitrogens with zero attached hydrogens (tertiary/aromatic N) is 1. The normalized spacial score (nSPS) is 21.3. The Balaban J connectivity index is 2.02. The zero-order valence-electron chi connectivity index (χ0n) is 13.2. The molecule has 0 aliphatic carbocycles. The Labute approximate surface area is 132 Å². The van der Waals surface area contributed by atoms with E-state index < -0.39 is 10.0 Å². The fraction of sp³-hybridized carbons (Fsp3) is 0.562. The molecule has 122 valence electrons. The third kappa shape index (κ3) is 4.30. The van der Waals surface area contributed by atoms with Crippen molar-refractivity contribution in [2.75, 3.05) is 19.3 Å². The van der Waals surface area contributed by atoms with Crippen molar-refractivity contribution in [3.05, 3.63) is 35.9 Å². The summed E-state index contributed by atoms with van der Waals surface area (Å²) in [5, 5.41) is 3.06. The Hall–Kier alpha value is -1.40. The molecule has 2 rings (SSSR count). The van der Waals surface area contributed by atoms with Crippen LogP contribution in [0.3, 0.4) is 0 Å². The quantitative estimate of drug-likeness (QED) is 0.900. The van der Waals surface area contributed by atoms with Crippen LogP contribution in [0.15, 0.2) is 30.3 Å². The molecule has 0 bridgehead atoms. The van der Waals surface area contributed by atoms with Crippen molar-refractivity contribution in [1.82, 2.24) is 9.62 Å². The lowest BCUT2D eigenvalue weighted by Crippen LogP contribution is -2.45. The SMILES string of the molecule is CCC(NC(=O)C1CCCN(S(C)(=O)=O)C1)c1ccccc1. The van der Waals surface area contributed by atoms with Crippen LogP contribution in [0.4, 0.5) is 0 Å². The molecule has 1 N–H and O–H groups in total. The summed E-state index contributed by atoms with van der Waals surface area (Å²) in [7, 11) is -3.23. The van der Waals surface area contributed by atoms with Gasteiger partial charge in [-0.3, -0.25) is 4.79 Å². The zero-order chi connectivity index (χ0) is 16.2. The monoisotopic (exact) mass is 324 g/mol. The first-order valence-electron chi connectivity index (χ1n) is 7.72. The summed E-state index contributed by atoms with van der Waals surface area (Å²) in [6.45, 7) is 2.83. The second-order valence-corrected chi connectivity index (χ2v) is 7.82. The fourth-order valence-corrected chi connectivity index (χ4v) is 3.77. The smallest absolute Gasteiger partial charge is 0.224 e. The number of carbonyl (C=O) groups excluding carboxylic acids is 1. The first-order valence-corrected chi connectivity index (χ1v) is 9.57. The van der Waals surface area contributed by atoms with E-state index in [1.165, 1.54) is 10.6 Å². The highest BCUT2D eigenvalue weighted by Crippen LogP contribution is 2.21. The molecule has 0 radical (unpaired) electrons. The van der Waals surface area contributed by atoms with Crippen molar-refractivity contribution in [3.63, 3.8) is 0 Å². The van der Waals surface area contributed by atoms with E-state index in [2.05, 4.69) is 5.32 Å². The molecule has 1 fully saturated rings. The third-order valence-electron chi connectivity index (χ3n) is 4.15. The molecule has 5 nitrogen and oxygen atoms in total. The average Bonchev–Trinajstić information content (AvgIpc) is 2.52. The molecule has 1 aliphatic heterocycles. The van der Waals surface area contributed by atoms with E-state index in [1.54, 1.807) is 0 Å². The maximum Gasteiger partial charge on any atom is 0.224 e. The summed E-state index contributed by atoms with van der Waals surface area (Å²) in [6, 6.07) is 9.83. The molecular formula is C16H24N2O3S. The van der Waals surface area contributed by atoms with E-state index in [1.807, 2.05) is 37.3 Å². The number of hydrogen-bond donors (Lipinski definition) is 1. The molecular weight excluding hydrogens is 300 g/mol. The molecule has 1 heterocycles. The van der Waals surface area contributed by atoms with Crippen LogP contribution in [0.1, 0.15) is 37.8 Å². The van der Waals surface area contributed by atoms with E-state index in [4.69, 9.17) is 0 Å². The van der Waals surface area contributed by atoms with E-state index in [9.17, 15) is 13.2 Å². The number of amides is 1. The molecule has 1 amide bonds. The maximum atomic E-state index is 12.5. The van der Waals surface area contributed by atoms with Crippen molar-refractivity contribution in [1.29, 1.82) is 0 Å². The van der Waals surface area contributed by atoms with E-state index in [0.29, 0.717) is 6.54 Å². The second-order valence-electron chi connectivity index (χ2n) is 5.84. The molecule has 0 spiro atoms. The van der Waals surface area contributed by atoms with Gasteiger partial charge in [-0.1, -0.05) is 37.3 Å². The maximum absolute atomic E-state index is 12.5. The number of hydrogen-bond acceptors (Lipinski definition) is 3. The summed E-state index contributed by atoms with van der Waals surface area (Å²) in [5.74, 6) is -0.315. The van der Waals surface area contributed by atoms with Crippen LogP contribution in [0.25, 0.3) is 0 Å². The average molecular weight is 324 g/mol. The largest absolute Gasteiger partial charge is 0.349 e. The zero-order valence-corrected chi connectivity index (χ0v) is 14.0. The van der Waals surface area contributed by atoms with E-state index in [0.717, 1.165) is 24.8 Å². The van der Waals surface area contributed by atoms with Crippen LogP contribution in [0, 0.1) is 5.92 Å². The van der Waals surface area contributed by atoms with Crippen LogP contribution in [0.2, 0.25) is 0 Å². The predicted octanol–water partition coefficient (Wildman–Crippen LogP) is 1.93. The van der Waals surface area contributed by atoms with Gasteiger partial charge < -0.3 is 5.32 Å². The van der Waals surface area contributed by atoms with Gasteiger partial charge in [-0.2, -0.15) is 0 Å². The molecule has 0 saturated carbocycles. The summed E-state index contributed by atoms with van der Waals surface area (Å²) >= 11 is 0. The Kier molecular flexibility index (Phi) is 5.58. The number of piperidine rings is 1. The minimum Gasteiger partial charge on any atom is -0.349 e. The molecule has 6 heteroatoms. The summed E-state index contributed by atoms with van der Waals surface area (Å²) in [5.41, 5.74) is 1.08. The van der Waals surface area contributed by atoms with Crippen LogP contribution in [0.5, 0.6) is 0 Å². The second kappa shape index (κ2) is 7.24. The first kappa shape index (κ1) is 17.0. The van der Waals surface area contributed by atoms with Gasteiger partial charge in [-0.05, 0) is 24.8 Å². The van der Waals surface area contributed by atoms with Gasteiger partial charge in [0.05, 0.1) is 18.2 Å². The van der Waals surface area contributed by atoms with Crippen LogP contribution in [-0.4, -0.2) is 38.0 Å². The highest BCUT2D eigenvalue weighted by atomic mass is 32.2. The molecule has 2 unspecified atom stereocenters. The Bertz CT molecular complexity index is 601. The van der Waals surface area contributed by atoms with Gasteiger partial charge in [-0.15, -0.1) is 0 Å². The third-order valence-corrected chi connectivity index (χ3v) is 5.42. The van der Waals surface area contributed by atoms with Crippen molar-refractivity contribution in [3.8, 4) is 0 Å². The van der Waals surface area contributed by atoms with Gasteiger partial charge >= 0.3 is 0 Å². The minimum absolute atomic E-state index is 0.0256. The van der Waals surface area contributed by atoms with E-state index in [-0.39, 0.29) is 24.4 Å². The molecule has 1 aromatic rings. The number of rotatable bonds is 5. The highest BCUT2D eigenvalue weighted by molar-refractivity contribution is 7.88. The molecule has 2 atom stereocenters. The van der Waals surface area contributed by atoms with Gasteiger partial charge in [0.25, 0.3) is 0 Å². The minimum atomic E-state index is -3.23. The van der Waals surface area contributed by atoms with Gasteiger partial charge in [0, 0.05) is 13.1 Å². The molecule has 1 aromatic carbocycles. The van der Waals surface area contributed by atoms with Crippen molar-refractivity contribution < 1.29 is 13.2 Å². The number of carbonyl (C=O) groups is 1. The van der Waals surface area contributed by atoms with Crippen molar-refractivity contribution in [2.45, 2.75) is 32.2 Å². The van der Waals surface area contributed by atoms with Gasteiger partial charge in [0.1, 0.15) is 0 Å². The van der Waals surface area contributed by atoms with Gasteiger partial charge in [0.2, 0.25) is 15.9 Å². The van der Waals surface area contributed by atoms with Crippen LogP contribution < -0.4 is 5.32 Å². The molecule has 1 saturated heterocycles. The van der Waals surface area contributed by atoms with E-state index >= 15 is 0 Å². The lowest BCUT2D eigenvalue weighted by Gasteiger charge is -2.31. The molecule has 1 aliphatic rings. The standard InChI is InChI=1S/C16H24N2O3S/c1-3-15(13-8-5-4-6-9-13)17-16(19)14-10-7-11-18(12-14)22(2,20)21/h4-6,8-9,14-15H,3,7,10-12H2,1-2H3,(H,17,19). The van der Waals surface area contributed by atoms with Crippen molar-refractivity contribution >= 4 is 15.9 Å². The number of nitrogens with one attached hydrogen (secondary N) is 1. The fourth-order valence-electron chi connectivity index (χ4n) is 2.85. The Morgan fingerprint density at radius 2 is 2.05 bits per heavy atom. The van der Waals surface area contributed by atoms with Crippen LogP contribution in [-0.2, 0) is 14.8 Å². The lowest BCUT2D eigenvalue weighted by atomic mass is 9.97.